The fourth-order valence-corrected chi connectivity index (χ4v) is 2.50. The molecule has 2 aromatic rings. The van der Waals surface area contributed by atoms with E-state index in [9.17, 15) is 0 Å². The Bertz CT molecular complexity index is 702. The van der Waals surface area contributed by atoms with Crippen molar-refractivity contribution in [2.75, 3.05) is 13.6 Å². The molecule has 0 aliphatic heterocycles. The molecule has 0 bridgehead atoms. The van der Waals surface area contributed by atoms with E-state index in [0.29, 0.717) is 18.4 Å². The largest absolute Gasteiger partial charge is 0.444 e. The molecular formula is C18H25ClN4O. The fraction of sp³-hybridized carbons (Fsp3) is 0.444. The lowest BCUT2D eigenvalue weighted by atomic mass is 9.84. The van der Waals surface area contributed by atoms with Crippen LogP contribution in [0.15, 0.2) is 33.7 Å². The van der Waals surface area contributed by atoms with Gasteiger partial charge in [-0.3, -0.25) is 4.99 Å². The van der Waals surface area contributed by atoms with Crippen LogP contribution in [0.5, 0.6) is 0 Å². The van der Waals surface area contributed by atoms with E-state index < -0.39 is 0 Å². The molecular weight excluding hydrogens is 324 g/mol. The molecule has 0 atom stereocenters. The number of hydrogen-bond donors (Lipinski definition) is 2. The van der Waals surface area contributed by atoms with Crippen molar-refractivity contribution >= 4 is 17.6 Å². The number of guanidine groups is 1. The summed E-state index contributed by atoms with van der Waals surface area (Å²) in [7, 11) is 1.74. The van der Waals surface area contributed by atoms with Gasteiger partial charge in [-0.15, -0.1) is 0 Å². The van der Waals surface area contributed by atoms with Gasteiger partial charge in [0.1, 0.15) is 5.76 Å². The summed E-state index contributed by atoms with van der Waals surface area (Å²) in [6, 6.07) is 7.94. The Morgan fingerprint density at radius 1 is 1.29 bits per heavy atom. The number of nitrogens with one attached hydrogen (secondary N) is 2. The average Bonchev–Trinajstić information content (AvgIpc) is 2.86. The van der Waals surface area contributed by atoms with E-state index >= 15 is 0 Å². The number of oxazole rings is 1. The van der Waals surface area contributed by atoms with Gasteiger partial charge in [-0.1, -0.05) is 37.6 Å². The summed E-state index contributed by atoms with van der Waals surface area (Å²) in [5.41, 5.74) is 2.01. The summed E-state index contributed by atoms with van der Waals surface area (Å²) in [4.78, 5) is 8.60. The predicted molar refractivity (Wildman–Crippen MR) is 98.7 cm³/mol. The number of aryl methyl sites for hydroxylation is 2. The maximum atomic E-state index is 6.10. The Hall–Kier alpha value is -2.01. The van der Waals surface area contributed by atoms with Crippen LogP contribution >= 0.6 is 11.6 Å². The molecule has 0 aliphatic carbocycles. The van der Waals surface area contributed by atoms with Gasteiger partial charge in [0.05, 0.1) is 12.2 Å². The molecule has 0 unspecified atom stereocenters. The maximum absolute atomic E-state index is 6.10. The Morgan fingerprint density at radius 2 is 2.04 bits per heavy atom. The molecule has 0 amide bonds. The zero-order valence-corrected chi connectivity index (χ0v) is 15.7. The third kappa shape index (κ3) is 4.74. The average molecular weight is 349 g/mol. The van der Waals surface area contributed by atoms with Crippen molar-refractivity contribution in [3.63, 3.8) is 0 Å². The highest BCUT2D eigenvalue weighted by atomic mass is 35.5. The van der Waals surface area contributed by atoms with Crippen molar-refractivity contribution < 1.29 is 4.42 Å². The van der Waals surface area contributed by atoms with Crippen LogP contribution in [-0.2, 0) is 12.0 Å². The monoisotopic (exact) mass is 348 g/mol. The smallest absolute Gasteiger partial charge is 0.214 e. The van der Waals surface area contributed by atoms with E-state index in [1.807, 2.05) is 32.0 Å². The first-order valence-corrected chi connectivity index (χ1v) is 8.33. The second-order valence-corrected chi connectivity index (χ2v) is 6.86. The molecule has 0 saturated carbocycles. The van der Waals surface area contributed by atoms with Gasteiger partial charge in [0.15, 0.2) is 5.96 Å². The molecule has 2 rings (SSSR count). The molecule has 0 saturated heterocycles. The first kappa shape index (κ1) is 18.3. The van der Waals surface area contributed by atoms with E-state index in [-0.39, 0.29) is 5.41 Å². The summed E-state index contributed by atoms with van der Waals surface area (Å²) >= 11 is 6.10. The highest BCUT2D eigenvalue weighted by Gasteiger charge is 2.21. The van der Waals surface area contributed by atoms with E-state index in [0.717, 1.165) is 23.0 Å². The summed E-state index contributed by atoms with van der Waals surface area (Å²) in [6.45, 7) is 9.39. The summed E-state index contributed by atoms with van der Waals surface area (Å²) < 4.78 is 5.57. The number of halogens is 1. The molecule has 1 heterocycles. The second kappa shape index (κ2) is 7.71. The van der Waals surface area contributed by atoms with E-state index in [2.05, 4.69) is 40.5 Å². The number of benzene rings is 1. The van der Waals surface area contributed by atoms with Crippen LogP contribution < -0.4 is 10.6 Å². The molecule has 2 N–H and O–H groups in total. The van der Waals surface area contributed by atoms with Gasteiger partial charge in [-0.2, -0.15) is 0 Å². The first-order valence-electron chi connectivity index (χ1n) is 7.95. The summed E-state index contributed by atoms with van der Waals surface area (Å²) in [5, 5.41) is 7.31. The maximum Gasteiger partial charge on any atom is 0.214 e. The lowest BCUT2D eigenvalue weighted by Crippen LogP contribution is -2.43. The molecule has 5 nitrogen and oxygen atoms in total. The van der Waals surface area contributed by atoms with Crippen LogP contribution in [0.4, 0.5) is 0 Å². The topological polar surface area (TPSA) is 62.5 Å². The van der Waals surface area contributed by atoms with Gasteiger partial charge >= 0.3 is 0 Å². The minimum Gasteiger partial charge on any atom is -0.444 e. The third-order valence-corrected chi connectivity index (χ3v) is 4.24. The molecule has 130 valence electrons. The summed E-state index contributed by atoms with van der Waals surface area (Å²) in [5.74, 6) is 2.21. The van der Waals surface area contributed by atoms with Crippen LogP contribution in [0.1, 0.15) is 36.8 Å². The second-order valence-electron chi connectivity index (χ2n) is 6.42. The quantitative estimate of drug-likeness (QED) is 0.640. The molecule has 0 spiro atoms. The number of aliphatic imine (C=N–C) groups is 1. The fourth-order valence-electron chi connectivity index (χ4n) is 2.31. The summed E-state index contributed by atoms with van der Waals surface area (Å²) in [6.07, 6.45) is 0. The van der Waals surface area contributed by atoms with Crippen molar-refractivity contribution in [3.8, 4) is 0 Å². The van der Waals surface area contributed by atoms with Crippen LogP contribution in [0, 0.1) is 13.8 Å². The Balaban J connectivity index is 1.93. The van der Waals surface area contributed by atoms with Crippen LogP contribution in [0.3, 0.4) is 0 Å². The molecule has 6 heteroatoms. The van der Waals surface area contributed by atoms with Crippen LogP contribution in [-0.4, -0.2) is 24.5 Å². The van der Waals surface area contributed by atoms with Gasteiger partial charge < -0.3 is 15.1 Å². The van der Waals surface area contributed by atoms with Crippen molar-refractivity contribution in [2.45, 2.75) is 39.7 Å². The SMILES string of the molecule is CN=C(NCc1nc(C)c(C)o1)NCC(C)(C)c1cccc(Cl)c1. The molecule has 1 aromatic heterocycles. The van der Waals surface area contributed by atoms with Crippen LogP contribution in [0.25, 0.3) is 0 Å². The highest BCUT2D eigenvalue weighted by Crippen LogP contribution is 2.24. The number of rotatable bonds is 5. The number of nitrogens with zero attached hydrogens (tertiary/aromatic N) is 2. The van der Waals surface area contributed by atoms with E-state index in [1.165, 1.54) is 5.56 Å². The molecule has 24 heavy (non-hydrogen) atoms. The Morgan fingerprint density at radius 3 is 2.62 bits per heavy atom. The van der Waals surface area contributed by atoms with Gasteiger partial charge in [-0.25, -0.2) is 4.98 Å². The first-order chi connectivity index (χ1) is 11.3. The zero-order chi connectivity index (χ0) is 17.7. The van der Waals surface area contributed by atoms with Crippen molar-refractivity contribution in [1.82, 2.24) is 15.6 Å². The molecule has 0 radical (unpaired) electrons. The third-order valence-electron chi connectivity index (χ3n) is 4.01. The van der Waals surface area contributed by atoms with E-state index in [1.54, 1.807) is 7.05 Å². The van der Waals surface area contributed by atoms with Gasteiger partial charge in [0.25, 0.3) is 0 Å². The van der Waals surface area contributed by atoms with Crippen molar-refractivity contribution in [3.05, 3.63) is 52.2 Å². The predicted octanol–water partition coefficient (Wildman–Crippen LogP) is 3.59. The minimum atomic E-state index is -0.0847. The Labute approximate surface area is 148 Å². The normalized spacial score (nSPS) is 12.3. The molecule has 0 aliphatic rings. The molecule has 0 fully saturated rings. The van der Waals surface area contributed by atoms with Gasteiger partial charge in [0.2, 0.25) is 5.89 Å². The van der Waals surface area contributed by atoms with Gasteiger partial charge in [0, 0.05) is 24.0 Å². The minimum absolute atomic E-state index is 0.0847. The zero-order valence-electron chi connectivity index (χ0n) is 14.9. The Kier molecular flexibility index (Phi) is 5.89. The molecule has 1 aromatic carbocycles. The van der Waals surface area contributed by atoms with E-state index in [4.69, 9.17) is 16.0 Å². The lowest BCUT2D eigenvalue weighted by Gasteiger charge is -2.27. The van der Waals surface area contributed by atoms with Crippen molar-refractivity contribution in [2.24, 2.45) is 4.99 Å². The standard InChI is InChI=1S/C18H25ClN4O/c1-12-13(2)24-16(23-12)10-21-17(20-5)22-11-18(3,4)14-7-6-8-15(19)9-14/h6-9H,10-11H2,1-5H3,(H2,20,21,22). The number of hydrogen-bond acceptors (Lipinski definition) is 3. The van der Waals surface area contributed by atoms with Gasteiger partial charge in [-0.05, 0) is 31.5 Å². The number of aromatic nitrogens is 1. The lowest BCUT2D eigenvalue weighted by molar-refractivity contribution is 0.461. The van der Waals surface area contributed by atoms with Crippen molar-refractivity contribution in [1.29, 1.82) is 0 Å². The van der Waals surface area contributed by atoms with Crippen LogP contribution in [0.2, 0.25) is 5.02 Å². The highest BCUT2D eigenvalue weighted by molar-refractivity contribution is 6.30.